The van der Waals surface area contributed by atoms with Crippen molar-refractivity contribution in [2.45, 2.75) is 45.1 Å². The van der Waals surface area contributed by atoms with Gasteiger partial charge in [0, 0.05) is 29.6 Å². The Balaban J connectivity index is 1.92. The molecule has 2 aromatic rings. The van der Waals surface area contributed by atoms with E-state index in [9.17, 15) is 4.79 Å². The van der Waals surface area contributed by atoms with Crippen LogP contribution in [0.15, 0.2) is 30.3 Å². The lowest BCUT2D eigenvalue weighted by atomic mass is 10.0. The lowest BCUT2D eigenvalue weighted by molar-refractivity contribution is 0.0935. The van der Waals surface area contributed by atoms with Crippen molar-refractivity contribution in [1.29, 1.82) is 0 Å². The lowest BCUT2D eigenvalue weighted by Crippen LogP contribution is -2.41. The summed E-state index contributed by atoms with van der Waals surface area (Å²) in [7, 11) is 0. The molecule has 0 aliphatic heterocycles. The van der Waals surface area contributed by atoms with E-state index < -0.39 is 0 Å². The first-order valence-electron chi connectivity index (χ1n) is 8.49. The van der Waals surface area contributed by atoms with Crippen molar-refractivity contribution in [3.8, 4) is 0 Å². The molecule has 0 spiro atoms. The van der Waals surface area contributed by atoms with Gasteiger partial charge in [-0.3, -0.25) is 9.78 Å². The van der Waals surface area contributed by atoms with Crippen LogP contribution in [-0.2, 0) is 0 Å². The van der Waals surface area contributed by atoms with E-state index in [1.807, 2.05) is 30.3 Å². The molecule has 1 atom stereocenters. The fraction of sp³-hybridized carbons (Fsp3) is 0.474. The van der Waals surface area contributed by atoms with Crippen molar-refractivity contribution < 1.29 is 4.79 Å². The van der Waals surface area contributed by atoms with E-state index in [0.717, 1.165) is 28.6 Å². The van der Waals surface area contributed by atoms with E-state index >= 15 is 0 Å². The Hall–Kier alpha value is -1.94. The highest BCUT2D eigenvalue weighted by molar-refractivity contribution is 6.06. The monoisotopic (exact) mass is 311 g/mol. The molecule has 0 radical (unpaired) electrons. The molecule has 23 heavy (non-hydrogen) atoms. The van der Waals surface area contributed by atoms with Gasteiger partial charge in [-0.25, -0.2) is 0 Å². The number of benzene rings is 1. The number of carbonyl (C=O) groups is 1. The van der Waals surface area contributed by atoms with Gasteiger partial charge in [0.25, 0.3) is 5.91 Å². The predicted octanol–water partition coefficient (Wildman–Crippen LogP) is 3.22. The van der Waals surface area contributed by atoms with Crippen LogP contribution in [-0.4, -0.2) is 23.5 Å². The molecule has 122 valence electrons. The molecule has 1 aromatic carbocycles. The highest BCUT2D eigenvalue weighted by Crippen LogP contribution is 2.40. The van der Waals surface area contributed by atoms with Gasteiger partial charge in [0.05, 0.1) is 11.1 Å². The number of nitrogens with zero attached hydrogens (tertiary/aromatic N) is 1. The summed E-state index contributed by atoms with van der Waals surface area (Å²) in [6, 6.07) is 9.85. The van der Waals surface area contributed by atoms with Crippen LogP contribution in [0.4, 0.5) is 0 Å². The third-order valence-electron chi connectivity index (χ3n) is 4.35. The maximum absolute atomic E-state index is 12.8. The summed E-state index contributed by atoms with van der Waals surface area (Å²) in [6.07, 6.45) is 3.23. The van der Waals surface area contributed by atoms with E-state index in [1.54, 1.807) is 0 Å². The number of hydrogen-bond acceptors (Lipinski definition) is 3. The Labute approximate surface area is 137 Å². The number of fused-ring (bicyclic) bond motifs is 1. The summed E-state index contributed by atoms with van der Waals surface area (Å²) in [5.74, 6) is 0.980. The molecule has 1 fully saturated rings. The van der Waals surface area contributed by atoms with E-state index in [1.165, 1.54) is 12.8 Å². The van der Waals surface area contributed by atoms with Crippen molar-refractivity contribution in [2.24, 2.45) is 11.7 Å². The second-order valence-electron chi connectivity index (χ2n) is 6.92. The molecule has 4 nitrogen and oxygen atoms in total. The summed E-state index contributed by atoms with van der Waals surface area (Å²) in [5, 5.41) is 4.01. The Morgan fingerprint density at radius 1 is 1.35 bits per heavy atom. The smallest absolute Gasteiger partial charge is 0.252 e. The molecular formula is C19H25N3O. The Morgan fingerprint density at radius 2 is 2.09 bits per heavy atom. The lowest BCUT2D eigenvalue weighted by Gasteiger charge is -2.19. The largest absolute Gasteiger partial charge is 0.348 e. The number of hydrogen-bond donors (Lipinski definition) is 2. The molecule has 3 rings (SSSR count). The molecule has 1 unspecified atom stereocenters. The number of amides is 1. The van der Waals surface area contributed by atoms with Crippen molar-refractivity contribution in [3.63, 3.8) is 0 Å². The first kappa shape index (κ1) is 15.9. The number of carbonyl (C=O) groups excluding carboxylic acids is 1. The molecule has 0 saturated heterocycles. The molecule has 1 aliphatic carbocycles. The minimum absolute atomic E-state index is 0.0128. The van der Waals surface area contributed by atoms with Gasteiger partial charge in [-0.1, -0.05) is 32.0 Å². The summed E-state index contributed by atoms with van der Waals surface area (Å²) in [6.45, 7) is 4.74. The molecule has 1 aliphatic rings. The standard InChI is InChI=1S/C19H25N3O/c1-12(2)9-14(11-20)21-19(23)16-10-18(13-7-8-13)22-17-6-4-3-5-15(16)17/h3-6,10,12-14H,7-9,11,20H2,1-2H3,(H,21,23). The summed E-state index contributed by atoms with van der Waals surface area (Å²) in [4.78, 5) is 17.5. The van der Waals surface area contributed by atoms with Crippen molar-refractivity contribution in [3.05, 3.63) is 41.6 Å². The van der Waals surface area contributed by atoms with E-state index in [4.69, 9.17) is 10.7 Å². The fourth-order valence-corrected chi connectivity index (χ4v) is 3.02. The highest BCUT2D eigenvalue weighted by Gasteiger charge is 2.27. The van der Waals surface area contributed by atoms with Gasteiger partial charge < -0.3 is 11.1 Å². The molecule has 1 heterocycles. The van der Waals surface area contributed by atoms with Crippen LogP contribution < -0.4 is 11.1 Å². The molecular weight excluding hydrogens is 286 g/mol. The maximum Gasteiger partial charge on any atom is 0.252 e. The maximum atomic E-state index is 12.8. The highest BCUT2D eigenvalue weighted by atomic mass is 16.1. The first-order chi connectivity index (χ1) is 11.1. The van der Waals surface area contributed by atoms with Crippen LogP contribution in [0.1, 0.15) is 55.1 Å². The predicted molar refractivity (Wildman–Crippen MR) is 93.5 cm³/mol. The molecule has 1 aromatic heterocycles. The number of rotatable bonds is 6. The van der Waals surface area contributed by atoms with Crippen molar-refractivity contribution in [1.82, 2.24) is 10.3 Å². The number of aromatic nitrogens is 1. The molecule has 1 amide bonds. The van der Waals surface area contributed by atoms with Gasteiger partial charge >= 0.3 is 0 Å². The number of pyridine rings is 1. The molecule has 0 bridgehead atoms. The first-order valence-corrected chi connectivity index (χ1v) is 8.49. The van der Waals surface area contributed by atoms with Crippen LogP contribution in [0.25, 0.3) is 10.9 Å². The second-order valence-corrected chi connectivity index (χ2v) is 6.92. The van der Waals surface area contributed by atoms with Gasteiger partial charge in [0.2, 0.25) is 0 Å². The average molecular weight is 311 g/mol. The van der Waals surface area contributed by atoms with Crippen LogP contribution in [0.2, 0.25) is 0 Å². The molecule has 3 N–H and O–H groups in total. The zero-order valence-corrected chi connectivity index (χ0v) is 13.9. The van der Waals surface area contributed by atoms with Gasteiger partial charge in [-0.2, -0.15) is 0 Å². The zero-order chi connectivity index (χ0) is 16.4. The topological polar surface area (TPSA) is 68.0 Å². The number of nitrogens with two attached hydrogens (primary N) is 1. The van der Waals surface area contributed by atoms with Gasteiger partial charge in [-0.15, -0.1) is 0 Å². The third-order valence-corrected chi connectivity index (χ3v) is 4.35. The summed E-state index contributed by atoms with van der Waals surface area (Å²) in [5.41, 5.74) is 8.48. The van der Waals surface area contributed by atoms with Gasteiger partial charge in [0.1, 0.15) is 0 Å². The second kappa shape index (κ2) is 6.67. The number of nitrogens with one attached hydrogen (secondary N) is 1. The Kier molecular flexibility index (Phi) is 4.62. The summed E-state index contributed by atoms with van der Waals surface area (Å²) >= 11 is 0. The van der Waals surface area contributed by atoms with Crippen molar-refractivity contribution >= 4 is 16.8 Å². The van der Waals surface area contributed by atoms with E-state index in [2.05, 4.69) is 19.2 Å². The molecule has 1 saturated carbocycles. The number of para-hydroxylation sites is 1. The minimum atomic E-state index is -0.0402. The quantitative estimate of drug-likeness (QED) is 0.860. The van der Waals surface area contributed by atoms with Crippen LogP contribution >= 0.6 is 0 Å². The van der Waals surface area contributed by atoms with Crippen LogP contribution in [0, 0.1) is 5.92 Å². The summed E-state index contributed by atoms with van der Waals surface area (Å²) < 4.78 is 0. The van der Waals surface area contributed by atoms with E-state index in [-0.39, 0.29) is 11.9 Å². The van der Waals surface area contributed by atoms with Crippen molar-refractivity contribution in [2.75, 3.05) is 6.54 Å². The van der Waals surface area contributed by atoms with E-state index in [0.29, 0.717) is 18.4 Å². The Bertz CT molecular complexity index is 707. The Morgan fingerprint density at radius 3 is 2.74 bits per heavy atom. The van der Waals surface area contributed by atoms with Crippen LogP contribution in [0.3, 0.4) is 0 Å². The fourth-order valence-electron chi connectivity index (χ4n) is 3.02. The van der Waals surface area contributed by atoms with Crippen LogP contribution in [0.5, 0.6) is 0 Å². The third kappa shape index (κ3) is 3.70. The van der Waals surface area contributed by atoms with Gasteiger partial charge in [-0.05, 0) is 37.3 Å². The average Bonchev–Trinajstić information content (AvgIpc) is 3.37. The SMILES string of the molecule is CC(C)CC(CN)NC(=O)c1cc(C2CC2)nc2ccccc12. The minimum Gasteiger partial charge on any atom is -0.348 e. The zero-order valence-electron chi connectivity index (χ0n) is 13.9. The molecule has 4 heteroatoms. The normalized spacial score (nSPS) is 15.8. The van der Waals surface area contributed by atoms with Gasteiger partial charge in [0.15, 0.2) is 0 Å².